The highest BCUT2D eigenvalue weighted by molar-refractivity contribution is 6.41. The molecule has 3 rings (SSSR count). The highest BCUT2D eigenvalue weighted by Gasteiger charge is 2.46. The molecule has 6 nitrogen and oxygen atoms in total. The minimum atomic E-state index is -1.23. The van der Waals surface area contributed by atoms with Crippen LogP contribution in [0.15, 0.2) is 41.0 Å². The number of hydrogen-bond acceptors (Lipinski definition) is 5. The summed E-state index contributed by atoms with van der Waals surface area (Å²) in [4.78, 5) is 39.1. The number of rotatable bonds is 6. The van der Waals surface area contributed by atoms with E-state index in [0.29, 0.717) is 12.8 Å². The third kappa shape index (κ3) is 4.36. The molecule has 29 heavy (non-hydrogen) atoms. The Bertz CT molecular complexity index is 912. The zero-order valence-corrected chi connectivity index (χ0v) is 16.0. The molecule has 2 heterocycles. The van der Waals surface area contributed by atoms with Crippen molar-refractivity contribution in [3.63, 3.8) is 0 Å². The Labute approximate surface area is 166 Å². The third-order valence-electron chi connectivity index (χ3n) is 5.06. The molecule has 2 aromatic rings. The molecule has 1 saturated heterocycles. The molecule has 1 amide bonds. The first-order chi connectivity index (χ1) is 13.9. The lowest BCUT2D eigenvalue weighted by atomic mass is 9.74. The molecule has 1 aliphatic heterocycles. The molecule has 0 unspecified atom stereocenters. The van der Waals surface area contributed by atoms with Crippen molar-refractivity contribution < 1.29 is 32.3 Å². The van der Waals surface area contributed by atoms with Crippen LogP contribution in [0.1, 0.15) is 35.9 Å². The van der Waals surface area contributed by atoms with Crippen molar-refractivity contribution in [1.82, 2.24) is 4.90 Å². The van der Waals surface area contributed by atoms with Crippen molar-refractivity contribution in [1.29, 1.82) is 0 Å². The number of Topliss-reactive ketones (excluding diaryl/α,β-unsaturated/α-hetero) is 1. The smallest absolute Gasteiger partial charge is 0.314 e. The highest BCUT2D eigenvalue weighted by Crippen LogP contribution is 2.36. The number of hydrogen-bond donors (Lipinski definition) is 0. The van der Waals surface area contributed by atoms with Crippen molar-refractivity contribution in [2.24, 2.45) is 5.41 Å². The van der Waals surface area contributed by atoms with Gasteiger partial charge in [-0.15, -0.1) is 0 Å². The van der Waals surface area contributed by atoms with E-state index in [1.54, 1.807) is 6.92 Å². The van der Waals surface area contributed by atoms with Crippen molar-refractivity contribution in [2.75, 3.05) is 19.7 Å². The average molecular weight is 405 g/mol. The molecule has 0 saturated carbocycles. The first-order valence-electron chi connectivity index (χ1n) is 9.34. The number of furan rings is 1. The molecular formula is C21H21F2NO5. The summed E-state index contributed by atoms with van der Waals surface area (Å²) in [7, 11) is 0. The average Bonchev–Trinajstić information content (AvgIpc) is 3.24. The molecule has 1 aliphatic rings. The molecule has 154 valence electrons. The van der Waals surface area contributed by atoms with E-state index in [-0.39, 0.29) is 37.4 Å². The lowest BCUT2D eigenvalue weighted by molar-refractivity contribution is -0.160. The summed E-state index contributed by atoms with van der Waals surface area (Å²) >= 11 is 0. The zero-order valence-electron chi connectivity index (χ0n) is 16.0. The van der Waals surface area contributed by atoms with Gasteiger partial charge in [0, 0.05) is 19.2 Å². The number of carbonyl (C=O) groups excluding carboxylic acids is 3. The lowest BCUT2D eigenvalue weighted by Gasteiger charge is -2.40. The van der Waals surface area contributed by atoms with Crippen LogP contribution < -0.4 is 0 Å². The van der Waals surface area contributed by atoms with Gasteiger partial charge >= 0.3 is 5.97 Å². The molecule has 1 atom stereocenters. The molecule has 0 spiro atoms. The number of carbonyl (C=O) groups is 3. The van der Waals surface area contributed by atoms with E-state index < -0.39 is 34.7 Å². The number of halogens is 2. The SMILES string of the molecule is CCOC(=O)[C@@]1(Cc2ccc(F)cc2F)CCCN(C(=O)C(=O)c2ccco2)C1. The fourth-order valence-corrected chi connectivity index (χ4v) is 3.66. The molecule has 0 bridgehead atoms. The number of piperidine rings is 1. The lowest BCUT2D eigenvalue weighted by Crippen LogP contribution is -2.53. The minimum Gasteiger partial charge on any atom is -0.466 e. The summed E-state index contributed by atoms with van der Waals surface area (Å²) in [6.45, 7) is 1.94. The Hall–Kier alpha value is -3.03. The predicted molar refractivity (Wildman–Crippen MR) is 98.0 cm³/mol. The van der Waals surface area contributed by atoms with Gasteiger partial charge in [0.05, 0.1) is 18.3 Å². The second-order valence-corrected chi connectivity index (χ2v) is 7.05. The van der Waals surface area contributed by atoms with Crippen LogP contribution in [-0.4, -0.2) is 42.3 Å². The number of benzene rings is 1. The highest BCUT2D eigenvalue weighted by atomic mass is 19.1. The van der Waals surface area contributed by atoms with Gasteiger partial charge in [-0.3, -0.25) is 14.4 Å². The number of esters is 1. The maximum absolute atomic E-state index is 14.3. The van der Waals surface area contributed by atoms with Gasteiger partial charge in [0.2, 0.25) is 0 Å². The fourth-order valence-electron chi connectivity index (χ4n) is 3.66. The Morgan fingerprint density at radius 2 is 2.03 bits per heavy atom. The molecular weight excluding hydrogens is 384 g/mol. The van der Waals surface area contributed by atoms with Crippen LogP contribution in [0, 0.1) is 17.0 Å². The van der Waals surface area contributed by atoms with Crippen molar-refractivity contribution in [3.05, 3.63) is 59.6 Å². The van der Waals surface area contributed by atoms with Crippen LogP contribution in [0.5, 0.6) is 0 Å². The topological polar surface area (TPSA) is 76.8 Å². The summed E-state index contributed by atoms with van der Waals surface area (Å²) in [6.07, 6.45) is 1.99. The van der Waals surface area contributed by atoms with Crippen LogP contribution in [-0.2, 0) is 20.7 Å². The van der Waals surface area contributed by atoms with Crippen molar-refractivity contribution in [2.45, 2.75) is 26.2 Å². The van der Waals surface area contributed by atoms with Crippen LogP contribution in [0.2, 0.25) is 0 Å². The Kier molecular flexibility index (Phi) is 6.10. The maximum Gasteiger partial charge on any atom is 0.314 e. The first kappa shape index (κ1) is 20.7. The number of likely N-dealkylation sites (tertiary alicyclic amines) is 1. The Balaban J connectivity index is 1.88. The first-order valence-corrected chi connectivity index (χ1v) is 9.34. The monoisotopic (exact) mass is 405 g/mol. The Morgan fingerprint density at radius 3 is 2.69 bits per heavy atom. The third-order valence-corrected chi connectivity index (χ3v) is 5.06. The molecule has 0 radical (unpaired) electrons. The largest absolute Gasteiger partial charge is 0.466 e. The number of nitrogens with zero attached hydrogens (tertiary/aromatic N) is 1. The van der Waals surface area contributed by atoms with E-state index in [1.165, 1.54) is 29.4 Å². The molecule has 1 fully saturated rings. The fraction of sp³-hybridized carbons (Fsp3) is 0.381. The van der Waals surface area contributed by atoms with Gasteiger partial charge in [-0.2, -0.15) is 0 Å². The van der Waals surface area contributed by atoms with E-state index in [2.05, 4.69) is 0 Å². The molecule has 1 aromatic carbocycles. The number of ether oxygens (including phenoxy) is 1. The minimum absolute atomic E-state index is 0.0727. The van der Waals surface area contributed by atoms with E-state index in [0.717, 1.165) is 12.1 Å². The normalized spacial score (nSPS) is 19.1. The zero-order chi connectivity index (χ0) is 21.0. The van der Waals surface area contributed by atoms with E-state index in [1.807, 2.05) is 0 Å². The second kappa shape index (κ2) is 8.55. The van der Waals surface area contributed by atoms with Crippen LogP contribution in [0.4, 0.5) is 8.78 Å². The Morgan fingerprint density at radius 1 is 1.24 bits per heavy atom. The van der Waals surface area contributed by atoms with Gasteiger partial charge in [0.1, 0.15) is 11.6 Å². The summed E-state index contributed by atoms with van der Waals surface area (Å²) in [5, 5.41) is 0. The van der Waals surface area contributed by atoms with Crippen LogP contribution in [0.3, 0.4) is 0 Å². The number of ketones is 1. The quantitative estimate of drug-likeness (QED) is 0.419. The summed E-state index contributed by atoms with van der Waals surface area (Å²) in [5.41, 5.74) is -1.09. The van der Waals surface area contributed by atoms with Crippen LogP contribution >= 0.6 is 0 Å². The maximum atomic E-state index is 14.3. The standard InChI is InChI=1S/C21H21F2NO5/c1-2-28-20(27)21(12-14-6-7-15(22)11-16(14)23)8-4-9-24(13-21)19(26)18(25)17-5-3-10-29-17/h3,5-7,10-11H,2,4,8-9,12-13H2,1H3/t21-/m1/s1. The van der Waals surface area contributed by atoms with Gasteiger partial charge in [0.15, 0.2) is 5.76 Å². The molecule has 1 aromatic heterocycles. The van der Waals surface area contributed by atoms with Crippen molar-refractivity contribution in [3.8, 4) is 0 Å². The molecule has 0 aliphatic carbocycles. The van der Waals surface area contributed by atoms with Gasteiger partial charge in [-0.05, 0) is 49.9 Å². The predicted octanol–water partition coefficient (Wildman–Crippen LogP) is 3.16. The summed E-state index contributed by atoms with van der Waals surface area (Å²) in [5.74, 6) is -3.78. The van der Waals surface area contributed by atoms with Gasteiger partial charge < -0.3 is 14.1 Å². The van der Waals surface area contributed by atoms with Crippen LogP contribution in [0.25, 0.3) is 0 Å². The summed E-state index contributed by atoms with van der Waals surface area (Å²) < 4.78 is 37.7. The van der Waals surface area contributed by atoms with Gasteiger partial charge in [-0.25, -0.2) is 8.78 Å². The van der Waals surface area contributed by atoms with Crippen molar-refractivity contribution >= 4 is 17.7 Å². The van der Waals surface area contributed by atoms with E-state index in [9.17, 15) is 23.2 Å². The molecule has 8 heteroatoms. The molecule has 0 N–H and O–H groups in total. The summed E-state index contributed by atoms with van der Waals surface area (Å²) in [6, 6.07) is 6.03. The second-order valence-electron chi connectivity index (χ2n) is 7.05. The van der Waals surface area contributed by atoms with E-state index in [4.69, 9.17) is 9.15 Å². The van der Waals surface area contributed by atoms with Gasteiger partial charge in [0.25, 0.3) is 11.7 Å². The van der Waals surface area contributed by atoms with E-state index >= 15 is 0 Å². The number of amides is 1. The van der Waals surface area contributed by atoms with Gasteiger partial charge in [-0.1, -0.05) is 6.07 Å².